The molecule has 2 aromatic carbocycles. The van der Waals surface area contributed by atoms with Gasteiger partial charge in [0.1, 0.15) is 11.5 Å². The molecule has 3 rings (SSSR count). The third-order valence-corrected chi connectivity index (χ3v) is 3.51. The van der Waals surface area contributed by atoms with Crippen LogP contribution in [0, 0.1) is 10.1 Å². The third kappa shape index (κ3) is 1.95. The molecule has 3 aromatic rings. The van der Waals surface area contributed by atoms with Gasteiger partial charge in [0.2, 0.25) is 5.43 Å². The number of rotatable bonds is 3. The lowest BCUT2D eigenvalue weighted by Crippen LogP contribution is -2.07. The lowest BCUT2D eigenvalue weighted by atomic mass is 10.1. The lowest BCUT2D eigenvalue weighted by Gasteiger charge is -2.10. The number of hydrogen-bond acceptors (Lipinski definition) is 5. The fourth-order valence-electron chi connectivity index (χ4n) is 2.47. The maximum atomic E-state index is 12.7. The van der Waals surface area contributed by atoms with Crippen LogP contribution in [0.1, 0.15) is 0 Å². The minimum absolute atomic E-state index is 0.0932. The highest BCUT2D eigenvalue weighted by atomic mass is 16.6. The molecule has 0 saturated carbocycles. The first-order chi connectivity index (χ1) is 10.6. The fourth-order valence-corrected chi connectivity index (χ4v) is 2.47. The normalized spacial score (nSPS) is 10.8. The molecule has 1 heterocycles. The second kappa shape index (κ2) is 5.03. The molecule has 0 bridgehead atoms. The first kappa shape index (κ1) is 13.9. The second-order valence-corrected chi connectivity index (χ2v) is 4.66. The van der Waals surface area contributed by atoms with Crippen LogP contribution in [-0.2, 0) is 0 Å². The topological polar surface area (TPSA) is 94.5 Å². The zero-order valence-electron chi connectivity index (χ0n) is 11.9. The molecule has 0 radical (unpaired) electrons. The Morgan fingerprint density at radius 2 is 1.77 bits per heavy atom. The van der Waals surface area contributed by atoms with Crippen molar-refractivity contribution in [2.24, 2.45) is 0 Å². The molecular weight excluding hydrogens is 288 g/mol. The predicted molar refractivity (Wildman–Crippen MR) is 81.8 cm³/mol. The summed E-state index contributed by atoms with van der Waals surface area (Å²) in [5, 5.41) is 11.6. The number of non-ortho nitro benzene ring substituents is 1. The molecular formula is C15H12N2O5. The summed E-state index contributed by atoms with van der Waals surface area (Å²) in [6, 6.07) is 7.38. The Morgan fingerprint density at radius 1 is 1.09 bits per heavy atom. The van der Waals surface area contributed by atoms with Crippen molar-refractivity contribution in [3.63, 3.8) is 0 Å². The van der Waals surface area contributed by atoms with E-state index in [1.165, 1.54) is 32.4 Å². The van der Waals surface area contributed by atoms with Crippen molar-refractivity contribution in [2.75, 3.05) is 14.2 Å². The second-order valence-electron chi connectivity index (χ2n) is 4.66. The van der Waals surface area contributed by atoms with E-state index in [1.807, 2.05) is 0 Å². The highest BCUT2D eigenvalue weighted by Gasteiger charge is 2.16. The van der Waals surface area contributed by atoms with Crippen LogP contribution in [0.25, 0.3) is 21.8 Å². The zero-order chi connectivity index (χ0) is 15.9. The van der Waals surface area contributed by atoms with Crippen molar-refractivity contribution in [1.29, 1.82) is 0 Å². The van der Waals surface area contributed by atoms with E-state index in [-0.39, 0.29) is 11.1 Å². The minimum Gasteiger partial charge on any atom is -0.496 e. The van der Waals surface area contributed by atoms with Crippen molar-refractivity contribution in [3.8, 4) is 11.5 Å². The van der Waals surface area contributed by atoms with Crippen LogP contribution in [0.15, 0.2) is 35.1 Å². The molecule has 0 atom stereocenters. The standard InChI is InChI=1S/C15H12N2O5/c1-21-11-5-6-12(22-2)14-13(11)15(18)9-4-3-8(17(19)20)7-10(9)16-14/h3-7H,1-2H3,(H,16,18). The van der Waals surface area contributed by atoms with E-state index in [4.69, 9.17) is 9.47 Å². The Kier molecular flexibility index (Phi) is 3.17. The van der Waals surface area contributed by atoms with Gasteiger partial charge in [-0.2, -0.15) is 0 Å². The zero-order valence-corrected chi connectivity index (χ0v) is 11.9. The Bertz CT molecular complexity index is 961. The molecule has 0 aliphatic carbocycles. The first-order valence-corrected chi connectivity index (χ1v) is 6.42. The van der Waals surface area contributed by atoms with E-state index in [0.717, 1.165) is 0 Å². The Labute approximate surface area is 124 Å². The molecule has 0 fully saturated rings. The van der Waals surface area contributed by atoms with Gasteiger partial charge in [0.15, 0.2) is 0 Å². The summed E-state index contributed by atoms with van der Waals surface area (Å²) in [6.07, 6.45) is 0. The molecule has 0 saturated heterocycles. The maximum absolute atomic E-state index is 12.7. The number of nitro benzene ring substituents is 1. The molecule has 0 amide bonds. The van der Waals surface area contributed by atoms with Gasteiger partial charge < -0.3 is 14.5 Å². The first-order valence-electron chi connectivity index (χ1n) is 6.42. The van der Waals surface area contributed by atoms with Crippen LogP contribution in [-0.4, -0.2) is 24.1 Å². The SMILES string of the molecule is COc1ccc(OC)c2c(=O)c3ccc([N+](=O)[O-])cc3[nH]c12. The van der Waals surface area contributed by atoms with Gasteiger partial charge in [-0.3, -0.25) is 14.9 Å². The van der Waals surface area contributed by atoms with Gasteiger partial charge >= 0.3 is 0 Å². The van der Waals surface area contributed by atoms with Crippen molar-refractivity contribution < 1.29 is 14.4 Å². The van der Waals surface area contributed by atoms with E-state index in [0.29, 0.717) is 33.3 Å². The van der Waals surface area contributed by atoms with Gasteiger partial charge in [0, 0.05) is 17.5 Å². The van der Waals surface area contributed by atoms with Gasteiger partial charge in [-0.1, -0.05) is 0 Å². The molecule has 7 nitrogen and oxygen atoms in total. The molecule has 1 aromatic heterocycles. The summed E-state index contributed by atoms with van der Waals surface area (Å²) in [5.41, 5.74) is 0.455. The lowest BCUT2D eigenvalue weighted by molar-refractivity contribution is -0.384. The minimum atomic E-state index is -0.509. The number of nitrogens with zero attached hydrogens (tertiary/aromatic N) is 1. The molecule has 22 heavy (non-hydrogen) atoms. The predicted octanol–water partition coefficient (Wildman–Crippen LogP) is 2.61. The highest BCUT2D eigenvalue weighted by Crippen LogP contribution is 2.31. The number of ether oxygens (including phenoxy) is 2. The van der Waals surface area contributed by atoms with E-state index < -0.39 is 4.92 Å². The van der Waals surface area contributed by atoms with Gasteiger partial charge in [0.05, 0.1) is 35.6 Å². The number of nitrogens with one attached hydrogen (secondary N) is 1. The number of hydrogen-bond donors (Lipinski definition) is 1. The summed E-state index contributed by atoms with van der Waals surface area (Å²) in [6.45, 7) is 0. The van der Waals surface area contributed by atoms with Gasteiger partial charge in [0.25, 0.3) is 5.69 Å². The maximum Gasteiger partial charge on any atom is 0.271 e. The number of H-pyrrole nitrogens is 1. The molecule has 0 aliphatic heterocycles. The quantitative estimate of drug-likeness (QED) is 0.456. The van der Waals surface area contributed by atoms with Crippen molar-refractivity contribution in [2.45, 2.75) is 0 Å². The number of benzene rings is 2. The van der Waals surface area contributed by atoms with Gasteiger partial charge in [-0.15, -0.1) is 0 Å². The summed E-state index contributed by atoms with van der Waals surface area (Å²) in [7, 11) is 2.96. The largest absolute Gasteiger partial charge is 0.496 e. The van der Waals surface area contributed by atoms with Crippen LogP contribution in [0.2, 0.25) is 0 Å². The van der Waals surface area contributed by atoms with Crippen molar-refractivity contribution in [1.82, 2.24) is 4.98 Å². The van der Waals surface area contributed by atoms with Crippen LogP contribution < -0.4 is 14.9 Å². The average Bonchev–Trinajstić information content (AvgIpc) is 2.53. The monoisotopic (exact) mass is 300 g/mol. The number of fused-ring (bicyclic) bond motifs is 2. The average molecular weight is 300 g/mol. The summed E-state index contributed by atoms with van der Waals surface area (Å²) in [5.74, 6) is 0.874. The fraction of sp³-hybridized carbons (Fsp3) is 0.133. The van der Waals surface area contributed by atoms with E-state index in [9.17, 15) is 14.9 Å². The number of nitro groups is 1. The van der Waals surface area contributed by atoms with E-state index >= 15 is 0 Å². The molecule has 0 aliphatic rings. The summed E-state index contributed by atoms with van der Waals surface area (Å²) in [4.78, 5) is 26.1. The molecule has 0 spiro atoms. The Hall–Kier alpha value is -3.09. The van der Waals surface area contributed by atoms with Crippen LogP contribution in [0.3, 0.4) is 0 Å². The molecule has 1 N–H and O–H groups in total. The number of aromatic amines is 1. The smallest absolute Gasteiger partial charge is 0.271 e. The van der Waals surface area contributed by atoms with Gasteiger partial charge in [-0.05, 0) is 18.2 Å². The Morgan fingerprint density at radius 3 is 2.41 bits per heavy atom. The number of methoxy groups -OCH3 is 2. The Balaban J connectivity index is 2.51. The molecule has 112 valence electrons. The van der Waals surface area contributed by atoms with Crippen LogP contribution in [0.5, 0.6) is 11.5 Å². The van der Waals surface area contributed by atoms with E-state index in [1.54, 1.807) is 12.1 Å². The highest BCUT2D eigenvalue weighted by molar-refractivity contribution is 5.99. The van der Waals surface area contributed by atoms with Gasteiger partial charge in [-0.25, -0.2) is 0 Å². The molecule has 7 heteroatoms. The number of aromatic nitrogens is 1. The van der Waals surface area contributed by atoms with E-state index in [2.05, 4.69) is 4.98 Å². The van der Waals surface area contributed by atoms with Crippen molar-refractivity contribution in [3.05, 3.63) is 50.7 Å². The summed E-state index contributed by atoms with van der Waals surface area (Å²) >= 11 is 0. The summed E-state index contributed by atoms with van der Waals surface area (Å²) < 4.78 is 10.5. The van der Waals surface area contributed by atoms with Crippen LogP contribution >= 0.6 is 0 Å². The van der Waals surface area contributed by atoms with Crippen LogP contribution in [0.4, 0.5) is 5.69 Å². The number of pyridine rings is 1. The molecule has 0 unspecified atom stereocenters. The third-order valence-electron chi connectivity index (χ3n) is 3.51. The van der Waals surface area contributed by atoms with Crippen molar-refractivity contribution >= 4 is 27.5 Å².